The lowest BCUT2D eigenvalue weighted by Gasteiger charge is -2.35. The Bertz CT molecular complexity index is 1470. The molecule has 1 amide bonds. The molecule has 0 saturated heterocycles. The van der Waals surface area contributed by atoms with Crippen LogP contribution in [0.1, 0.15) is 50.4 Å². The minimum atomic E-state index is -3.86. The summed E-state index contributed by atoms with van der Waals surface area (Å²) in [6.07, 6.45) is 2.34. The van der Waals surface area contributed by atoms with Crippen LogP contribution in [0.2, 0.25) is 0 Å². The van der Waals surface area contributed by atoms with Crippen LogP contribution >= 0.6 is 0 Å². The van der Waals surface area contributed by atoms with Gasteiger partial charge in [0.15, 0.2) is 0 Å². The normalized spacial score (nSPS) is 21.6. The summed E-state index contributed by atoms with van der Waals surface area (Å²) in [4.78, 5) is 15.7. The Kier molecular flexibility index (Phi) is 12.4. The van der Waals surface area contributed by atoms with Crippen molar-refractivity contribution in [3.63, 3.8) is 0 Å². The van der Waals surface area contributed by atoms with Gasteiger partial charge in [0.2, 0.25) is 20.0 Å². The molecule has 4 atom stereocenters. The molecule has 1 aliphatic heterocycles. The molecule has 12 nitrogen and oxygen atoms in total. The molecule has 0 spiro atoms. The molecular weight excluding hydrogens is 610 g/mol. The first-order chi connectivity index (χ1) is 20.7. The molecule has 0 unspecified atom stereocenters. The number of rotatable bonds is 9. The van der Waals surface area contributed by atoms with Gasteiger partial charge in [-0.25, -0.2) is 16.8 Å². The molecule has 2 aromatic rings. The number of ether oxygens (including phenoxy) is 3. The van der Waals surface area contributed by atoms with E-state index < -0.39 is 38.1 Å². The van der Waals surface area contributed by atoms with Gasteiger partial charge in [-0.3, -0.25) is 9.52 Å². The molecule has 0 radical (unpaired) electrons. The molecule has 1 heterocycles. The number of hydrogen-bond donors (Lipinski definition) is 2. The lowest BCUT2D eigenvalue weighted by molar-refractivity contribution is -0.00833. The first kappa shape index (κ1) is 35.6. The minimum Gasteiger partial charge on any atom is -0.497 e. The molecule has 2 aromatic carbocycles. The number of anilines is 1. The smallest absolute Gasteiger partial charge is 0.258 e. The molecule has 3 rings (SSSR count). The summed E-state index contributed by atoms with van der Waals surface area (Å²) in [5.41, 5.74) is 0.347. The van der Waals surface area contributed by atoms with E-state index in [2.05, 4.69) is 4.72 Å². The van der Waals surface area contributed by atoms with E-state index in [1.54, 1.807) is 25.1 Å². The van der Waals surface area contributed by atoms with Gasteiger partial charge in [-0.05, 0) is 75.6 Å². The third-order valence-corrected chi connectivity index (χ3v) is 10.0. The molecule has 0 aromatic heterocycles. The van der Waals surface area contributed by atoms with E-state index in [0.717, 1.165) is 12.7 Å². The Labute approximate surface area is 261 Å². The molecule has 0 saturated carbocycles. The Hall–Kier alpha value is -2.91. The number of nitrogens with one attached hydrogen (secondary N) is 1. The number of sulfonamides is 2. The SMILES string of the molecule is COc1ccc(S(=O)(=O)N(C)C[C@H]2OCCCC[C@H](C)Oc3ccc(NS(C)(=O)=O)cc3C(=O)N([C@H](C)CO)C[C@H]2C)cc1. The van der Waals surface area contributed by atoms with E-state index in [1.807, 2.05) is 13.8 Å². The second-order valence-corrected chi connectivity index (χ2v) is 15.1. The Morgan fingerprint density at radius 3 is 2.41 bits per heavy atom. The van der Waals surface area contributed by atoms with Gasteiger partial charge in [-0.15, -0.1) is 0 Å². The van der Waals surface area contributed by atoms with Crippen LogP contribution in [0.5, 0.6) is 11.5 Å². The lowest BCUT2D eigenvalue weighted by Crippen LogP contribution is -2.48. The van der Waals surface area contributed by atoms with Crippen LogP contribution in [0.4, 0.5) is 5.69 Å². The maximum absolute atomic E-state index is 14.1. The average Bonchev–Trinajstić information content (AvgIpc) is 2.97. The van der Waals surface area contributed by atoms with Gasteiger partial charge in [-0.2, -0.15) is 4.31 Å². The van der Waals surface area contributed by atoms with Crippen LogP contribution in [-0.2, 0) is 24.8 Å². The summed E-state index contributed by atoms with van der Waals surface area (Å²) in [5.74, 6) is 0.0233. The van der Waals surface area contributed by atoms with Gasteiger partial charge in [0.05, 0.1) is 48.7 Å². The summed E-state index contributed by atoms with van der Waals surface area (Å²) in [5, 5.41) is 10.1. The molecule has 246 valence electrons. The Balaban J connectivity index is 1.97. The summed E-state index contributed by atoms with van der Waals surface area (Å²) >= 11 is 0. The Morgan fingerprint density at radius 1 is 1.11 bits per heavy atom. The molecule has 2 N–H and O–H groups in total. The molecule has 0 bridgehead atoms. The average molecular weight is 656 g/mol. The Morgan fingerprint density at radius 2 is 1.80 bits per heavy atom. The van der Waals surface area contributed by atoms with Gasteiger partial charge in [0.25, 0.3) is 5.91 Å². The van der Waals surface area contributed by atoms with E-state index in [4.69, 9.17) is 14.2 Å². The number of amides is 1. The van der Waals surface area contributed by atoms with Crippen molar-refractivity contribution in [1.29, 1.82) is 0 Å². The number of nitrogens with zero attached hydrogens (tertiary/aromatic N) is 2. The number of aliphatic hydroxyl groups excluding tert-OH is 1. The standard InChI is InChI=1S/C30H45N3O9S2/c1-21-18-33(22(2)20-34)30(35)27-17-24(31-43(6,36)37)10-15-28(27)42-23(3)9-7-8-16-41-29(21)19-32(4)44(38,39)26-13-11-25(40-5)12-14-26/h10-15,17,21-23,29,31,34H,7-9,16,18-20H2,1-6H3/t21-,22-,23+,29-/m1/s1. The highest BCUT2D eigenvalue weighted by molar-refractivity contribution is 7.92. The highest BCUT2D eigenvalue weighted by Crippen LogP contribution is 2.29. The number of aliphatic hydroxyl groups is 1. The van der Waals surface area contributed by atoms with Gasteiger partial charge in [0, 0.05) is 38.3 Å². The number of likely N-dealkylation sites (N-methyl/N-ethyl adjacent to an activating group) is 1. The number of benzene rings is 2. The van der Waals surface area contributed by atoms with E-state index >= 15 is 0 Å². The molecule has 0 fully saturated rings. The zero-order valence-electron chi connectivity index (χ0n) is 26.2. The molecular formula is C30H45N3O9S2. The van der Waals surface area contributed by atoms with E-state index in [0.29, 0.717) is 30.9 Å². The molecule has 0 aliphatic carbocycles. The number of hydrogen-bond acceptors (Lipinski definition) is 9. The third-order valence-electron chi connectivity index (χ3n) is 7.56. The van der Waals surface area contributed by atoms with Crippen LogP contribution < -0.4 is 14.2 Å². The van der Waals surface area contributed by atoms with Crippen LogP contribution in [0.3, 0.4) is 0 Å². The lowest BCUT2D eigenvalue weighted by atomic mass is 10.0. The summed E-state index contributed by atoms with van der Waals surface area (Å²) in [7, 11) is -4.47. The maximum atomic E-state index is 14.1. The van der Waals surface area contributed by atoms with Crippen LogP contribution in [0, 0.1) is 5.92 Å². The number of fused-ring (bicyclic) bond motifs is 1. The zero-order valence-corrected chi connectivity index (χ0v) is 27.9. The quantitative estimate of drug-likeness (QED) is 0.415. The minimum absolute atomic E-state index is 0.0313. The molecule has 44 heavy (non-hydrogen) atoms. The van der Waals surface area contributed by atoms with Gasteiger partial charge in [-0.1, -0.05) is 6.92 Å². The van der Waals surface area contributed by atoms with Crippen LogP contribution in [0.15, 0.2) is 47.4 Å². The van der Waals surface area contributed by atoms with Crippen LogP contribution in [0.25, 0.3) is 0 Å². The van der Waals surface area contributed by atoms with Gasteiger partial charge in [0.1, 0.15) is 11.5 Å². The molecule has 1 aliphatic rings. The van der Waals surface area contributed by atoms with Crippen molar-refractivity contribution in [3.8, 4) is 11.5 Å². The van der Waals surface area contributed by atoms with Crippen molar-refractivity contribution in [2.24, 2.45) is 5.92 Å². The highest BCUT2D eigenvalue weighted by atomic mass is 32.2. The van der Waals surface area contributed by atoms with Crippen molar-refractivity contribution in [2.45, 2.75) is 63.2 Å². The number of methoxy groups -OCH3 is 1. The zero-order chi connectivity index (χ0) is 32.7. The third kappa shape index (κ3) is 9.54. The first-order valence-corrected chi connectivity index (χ1v) is 17.9. The van der Waals surface area contributed by atoms with Gasteiger partial charge >= 0.3 is 0 Å². The number of carbonyl (C=O) groups excluding carboxylic acids is 1. The van der Waals surface area contributed by atoms with Crippen molar-refractivity contribution in [2.75, 3.05) is 51.4 Å². The largest absolute Gasteiger partial charge is 0.497 e. The second-order valence-electron chi connectivity index (χ2n) is 11.3. The predicted octanol–water partition coefficient (Wildman–Crippen LogP) is 3.18. The summed E-state index contributed by atoms with van der Waals surface area (Å²) in [6, 6.07) is 10.1. The van der Waals surface area contributed by atoms with Crippen molar-refractivity contribution in [3.05, 3.63) is 48.0 Å². The fourth-order valence-corrected chi connectivity index (χ4v) is 6.68. The monoisotopic (exact) mass is 655 g/mol. The predicted molar refractivity (Wildman–Crippen MR) is 168 cm³/mol. The first-order valence-electron chi connectivity index (χ1n) is 14.6. The number of carbonyl (C=O) groups is 1. The van der Waals surface area contributed by atoms with Crippen molar-refractivity contribution >= 4 is 31.6 Å². The van der Waals surface area contributed by atoms with Crippen LogP contribution in [-0.4, -0.2) is 102 Å². The van der Waals surface area contributed by atoms with E-state index in [-0.39, 0.29) is 47.9 Å². The van der Waals surface area contributed by atoms with Crippen molar-refractivity contribution in [1.82, 2.24) is 9.21 Å². The van der Waals surface area contributed by atoms with Crippen molar-refractivity contribution < 1.29 is 40.9 Å². The van der Waals surface area contributed by atoms with E-state index in [1.165, 1.54) is 47.6 Å². The molecule has 14 heteroatoms. The highest BCUT2D eigenvalue weighted by Gasteiger charge is 2.32. The summed E-state index contributed by atoms with van der Waals surface area (Å²) < 4.78 is 71.9. The second kappa shape index (κ2) is 15.4. The summed E-state index contributed by atoms with van der Waals surface area (Å²) in [6.45, 7) is 5.68. The van der Waals surface area contributed by atoms with Gasteiger partial charge < -0.3 is 24.2 Å². The van der Waals surface area contributed by atoms with E-state index in [9.17, 15) is 26.7 Å². The topological polar surface area (TPSA) is 152 Å². The fourth-order valence-electron chi connectivity index (χ4n) is 4.94. The maximum Gasteiger partial charge on any atom is 0.258 e. The fraction of sp³-hybridized carbons (Fsp3) is 0.567.